The summed E-state index contributed by atoms with van der Waals surface area (Å²) >= 11 is 1.71. The van der Waals surface area contributed by atoms with Crippen molar-refractivity contribution in [2.45, 2.75) is 63.2 Å². The van der Waals surface area contributed by atoms with Crippen LogP contribution in [-0.4, -0.2) is 12.2 Å². The van der Waals surface area contributed by atoms with E-state index in [9.17, 15) is 4.79 Å². The van der Waals surface area contributed by atoms with Crippen LogP contribution in [0.1, 0.15) is 58.3 Å². The van der Waals surface area contributed by atoms with Gasteiger partial charge >= 0.3 is 0 Å². The zero-order chi connectivity index (χ0) is 14.6. The number of carbonyl (C=O) groups is 1. The van der Waals surface area contributed by atoms with Gasteiger partial charge in [-0.1, -0.05) is 45.4 Å². The van der Waals surface area contributed by atoms with Crippen LogP contribution < -0.4 is 5.32 Å². The summed E-state index contributed by atoms with van der Waals surface area (Å²) in [5.41, 5.74) is 0.899. The number of hydrogen-bond donors (Lipinski definition) is 1. The van der Waals surface area contributed by atoms with Crippen LogP contribution in [0.3, 0.4) is 0 Å². The summed E-state index contributed by atoms with van der Waals surface area (Å²) in [4.78, 5) is 13.0. The molecule has 0 fully saturated rings. The number of anilines is 1. The summed E-state index contributed by atoms with van der Waals surface area (Å²) in [6.45, 7) is 2.23. The Bertz CT molecular complexity index is 375. The molecule has 2 nitrogen and oxygen atoms in total. The van der Waals surface area contributed by atoms with Crippen molar-refractivity contribution in [3.05, 3.63) is 24.3 Å². The van der Waals surface area contributed by atoms with Gasteiger partial charge in [-0.25, -0.2) is 0 Å². The van der Waals surface area contributed by atoms with Gasteiger partial charge < -0.3 is 5.32 Å². The zero-order valence-corrected chi connectivity index (χ0v) is 13.6. The minimum absolute atomic E-state index is 0.135. The van der Waals surface area contributed by atoms with Gasteiger partial charge in [0.15, 0.2) is 0 Å². The highest BCUT2D eigenvalue weighted by molar-refractivity contribution is 7.98. The molecule has 0 aromatic heterocycles. The lowest BCUT2D eigenvalue weighted by molar-refractivity contribution is -0.116. The van der Waals surface area contributed by atoms with Crippen molar-refractivity contribution in [3.63, 3.8) is 0 Å². The van der Waals surface area contributed by atoms with Crippen molar-refractivity contribution in [1.82, 2.24) is 0 Å². The minimum Gasteiger partial charge on any atom is -0.326 e. The van der Waals surface area contributed by atoms with Gasteiger partial charge in [0.25, 0.3) is 0 Å². The molecule has 1 rings (SSSR count). The summed E-state index contributed by atoms with van der Waals surface area (Å²) in [6, 6.07) is 8.00. The van der Waals surface area contributed by atoms with Crippen LogP contribution in [0.4, 0.5) is 5.69 Å². The highest BCUT2D eigenvalue weighted by atomic mass is 32.2. The normalized spacial score (nSPS) is 10.5. The maximum absolute atomic E-state index is 11.8. The number of rotatable bonds is 10. The molecule has 1 N–H and O–H groups in total. The molecule has 1 aromatic carbocycles. The van der Waals surface area contributed by atoms with Gasteiger partial charge in [-0.2, -0.15) is 0 Å². The molecule has 0 aliphatic rings. The summed E-state index contributed by atoms with van der Waals surface area (Å²) in [7, 11) is 0. The molecule has 1 amide bonds. The van der Waals surface area contributed by atoms with Crippen molar-refractivity contribution >= 4 is 23.4 Å². The Labute approximate surface area is 127 Å². The second kappa shape index (κ2) is 10.8. The molecule has 0 radical (unpaired) electrons. The fourth-order valence-corrected chi connectivity index (χ4v) is 2.55. The molecule has 0 atom stereocenters. The SMILES string of the molecule is CCCCCCCCCC(=O)Nc1ccc(SC)cc1. The van der Waals surface area contributed by atoms with E-state index in [1.165, 1.54) is 43.4 Å². The van der Waals surface area contributed by atoms with Crippen molar-refractivity contribution in [2.24, 2.45) is 0 Å². The maximum atomic E-state index is 11.8. The van der Waals surface area contributed by atoms with Gasteiger partial charge in [-0.15, -0.1) is 11.8 Å². The molecule has 0 aliphatic heterocycles. The molecule has 0 unspecified atom stereocenters. The summed E-state index contributed by atoms with van der Waals surface area (Å²) in [5, 5.41) is 2.96. The summed E-state index contributed by atoms with van der Waals surface area (Å²) < 4.78 is 0. The van der Waals surface area contributed by atoms with E-state index in [0.29, 0.717) is 6.42 Å². The average Bonchev–Trinajstić information content (AvgIpc) is 2.47. The zero-order valence-electron chi connectivity index (χ0n) is 12.8. The quantitative estimate of drug-likeness (QED) is 0.456. The van der Waals surface area contributed by atoms with Gasteiger partial charge in [0.05, 0.1) is 0 Å². The number of carbonyl (C=O) groups excluding carboxylic acids is 1. The third-order valence-electron chi connectivity index (χ3n) is 3.38. The molecule has 0 saturated carbocycles. The molecule has 1 aromatic rings. The third-order valence-corrected chi connectivity index (χ3v) is 4.12. The Morgan fingerprint density at radius 1 is 1.00 bits per heavy atom. The topological polar surface area (TPSA) is 29.1 Å². The van der Waals surface area contributed by atoms with Crippen LogP contribution in [0.15, 0.2) is 29.2 Å². The number of hydrogen-bond acceptors (Lipinski definition) is 2. The maximum Gasteiger partial charge on any atom is 0.224 e. The smallest absolute Gasteiger partial charge is 0.224 e. The first-order chi connectivity index (χ1) is 9.76. The fraction of sp³-hybridized carbons (Fsp3) is 0.588. The molecule has 112 valence electrons. The molecule has 0 saturated heterocycles. The largest absolute Gasteiger partial charge is 0.326 e. The van der Waals surface area contributed by atoms with E-state index in [-0.39, 0.29) is 5.91 Å². The Morgan fingerprint density at radius 3 is 2.20 bits per heavy atom. The fourth-order valence-electron chi connectivity index (χ4n) is 2.14. The lowest BCUT2D eigenvalue weighted by Gasteiger charge is -2.06. The Balaban J connectivity index is 2.10. The van der Waals surface area contributed by atoms with E-state index in [4.69, 9.17) is 0 Å². The van der Waals surface area contributed by atoms with Crippen LogP contribution in [0, 0.1) is 0 Å². The summed E-state index contributed by atoms with van der Waals surface area (Å²) in [6.07, 6.45) is 11.4. The van der Waals surface area contributed by atoms with E-state index in [1.807, 2.05) is 30.5 Å². The first-order valence-corrected chi connectivity index (χ1v) is 8.92. The second-order valence-corrected chi connectivity index (χ2v) is 6.03. The van der Waals surface area contributed by atoms with Crippen LogP contribution >= 0.6 is 11.8 Å². The van der Waals surface area contributed by atoms with Crippen molar-refractivity contribution in [3.8, 4) is 0 Å². The number of unbranched alkanes of at least 4 members (excludes halogenated alkanes) is 6. The number of thioether (sulfide) groups is 1. The molecule has 0 spiro atoms. The Kier molecular flexibility index (Phi) is 9.22. The lowest BCUT2D eigenvalue weighted by atomic mass is 10.1. The third kappa shape index (κ3) is 7.59. The van der Waals surface area contributed by atoms with E-state index < -0.39 is 0 Å². The van der Waals surface area contributed by atoms with Gasteiger partial charge in [-0.3, -0.25) is 4.79 Å². The molecule has 0 heterocycles. The van der Waals surface area contributed by atoms with Crippen LogP contribution in [0.2, 0.25) is 0 Å². The molecule has 3 heteroatoms. The predicted octanol–water partition coefficient (Wildman–Crippen LogP) is 5.49. The Hall–Kier alpha value is -0.960. The number of benzene rings is 1. The van der Waals surface area contributed by atoms with Gasteiger partial charge in [-0.05, 0) is 36.9 Å². The monoisotopic (exact) mass is 293 g/mol. The summed E-state index contributed by atoms with van der Waals surface area (Å²) in [5.74, 6) is 0.135. The second-order valence-electron chi connectivity index (χ2n) is 5.15. The molecular weight excluding hydrogens is 266 g/mol. The van der Waals surface area contributed by atoms with E-state index in [2.05, 4.69) is 12.2 Å². The molecular formula is C17H27NOS. The van der Waals surface area contributed by atoms with Crippen LogP contribution in [-0.2, 0) is 4.79 Å². The number of nitrogens with one attached hydrogen (secondary N) is 1. The average molecular weight is 293 g/mol. The first kappa shape index (κ1) is 17.1. The molecule has 0 bridgehead atoms. The first-order valence-electron chi connectivity index (χ1n) is 7.70. The van der Waals surface area contributed by atoms with Crippen molar-refractivity contribution in [1.29, 1.82) is 0 Å². The van der Waals surface area contributed by atoms with Gasteiger partial charge in [0.2, 0.25) is 5.91 Å². The predicted molar refractivity (Wildman–Crippen MR) is 89.5 cm³/mol. The molecule has 0 aliphatic carbocycles. The van der Waals surface area contributed by atoms with Crippen molar-refractivity contribution < 1.29 is 4.79 Å². The van der Waals surface area contributed by atoms with E-state index in [0.717, 1.165) is 12.1 Å². The Morgan fingerprint density at radius 2 is 1.60 bits per heavy atom. The highest BCUT2D eigenvalue weighted by Gasteiger charge is 2.02. The lowest BCUT2D eigenvalue weighted by Crippen LogP contribution is -2.10. The number of amides is 1. The van der Waals surface area contributed by atoms with Crippen LogP contribution in [0.25, 0.3) is 0 Å². The minimum atomic E-state index is 0.135. The van der Waals surface area contributed by atoms with Gasteiger partial charge in [0.1, 0.15) is 0 Å². The standard InChI is InChI=1S/C17H27NOS/c1-3-4-5-6-7-8-9-10-17(19)18-15-11-13-16(20-2)14-12-15/h11-14H,3-10H2,1-2H3,(H,18,19). The van der Waals surface area contributed by atoms with Crippen LogP contribution in [0.5, 0.6) is 0 Å². The van der Waals surface area contributed by atoms with E-state index >= 15 is 0 Å². The van der Waals surface area contributed by atoms with E-state index in [1.54, 1.807) is 11.8 Å². The highest BCUT2D eigenvalue weighted by Crippen LogP contribution is 2.17. The molecule has 20 heavy (non-hydrogen) atoms. The van der Waals surface area contributed by atoms with Crippen molar-refractivity contribution in [2.75, 3.05) is 11.6 Å². The van der Waals surface area contributed by atoms with Gasteiger partial charge in [0, 0.05) is 17.0 Å².